The highest BCUT2D eigenvalue weighted by molar-refractivity contribution is 5.83. The Labute approximate surface area is 76.5 Å². The van der Waals surface area contributed by atoms with Gasteiger partial charge in [-0.3, -0.25) is 4.79 Å². The third kappa shape index (κ3) is 1.96. The average molecular weight is 179 g/mol. The number of aryl methyl sites for hydroxylation is 1. The lowest BCUT2D eigenvalue weighted by atomic mass is 10.2. The Morgan fingerprint density at radius 2 is 2.38 bits per heavy atom. The van der Waals surface area contributed by atoms with Crippen molar-refractivity contribution < 1.29 is 0 Å². The lowest BCUT2D eigenvalue weighted by molar-refractivity contribution is 1.11. The zero-order valence-electron chi connectivity index (χ0n) is 7.77. The fraction of sp³-hybridized carbons (Fsp3) is 0.333. The highest BCUT2D eigenvalue weighted by atomic mass is 16.1. The molecule has 1 aromatic rings. The molecule has 0 unspecified atom stereocenters. The molecule has 0 saturated heterocycles. The van der Waals surface area contributed by atoms with E-state index >= 15 is 0 Å². The van der Waals surface area contributed by atoms with Gasteiger partial charge >= 0.3 is 0 Å². The molecule has 0 saturated carbocycles. The molecule has 70 valence electrons. The fourth-order valence-electron chi connectivity index (χ4n) is 1.16. The quantitative estimate of drug-likeness (QED) is 0.608. The number of hydrogen-bond acceptors (Lipinski definition) is 3. The number of aromatic amines is 1. The highest BCUT2D eigenvalue weighted by Crippen LogP contribution is 2.05. The van der Waals surface area contributed by atoms with Crippen LogP contribution in [-0.2, 0) is 0 Å². The Kier molecular flexibility index (Phi) is 2.84. The zero-order valence-corrected chi connectivity index (χ0v) is 7.77. The van der Waals surface area contributed by atoms with Gasteiger partial charge in [0.2, 0.25) is 0 Å². The van der Waals surface area contributed by atoms with E-state index in [1.165, 1.54) is 6.07 Å². The molecule has 3 N–H and O–H groups in total. The van der Waals surface area contributed by atoms with E-state index in [1.807, 2.05) is 13.8 Å². The molecule has 0 aromatic carbocycles. The summed E-state index contributed by atoms with van der Waals surface area (Å²) in [4.78, 5) is 14.4. The van der Waals surface area contributed by atoms with Gasteiger partial charge in [0, 0.05) is 24.5 Å². The largest absolute Gasteiger partial charge is 0.371 e. The maximum Gasteiger partial charge on any atom is 0.192 e. The van der Waals surface area contributed by atoms with E-state index in [1.54, 1.807) is 0 Å². The van der Waals surface area contributed by atoms with E-state index in [0.29, 0.717) is 11.4 Å². The SMILES string of the molecule is CCNc1[nH]c(C)cc(=O)c1C=N. The van der Waals surface area contributed by atoms with Gasteiger partial charge in [0.15, 0.2) is 5.43 Å². The molecule has 4 heteroatoms. The Morgan fingerprint density at radius 1 is 1.69 bits per heavy atom. The molecule has 1 aromatic heterocycles. The average Bonchev–Trinajstić information content (AvgIpc) is 2.04. The van der Waals surface area contributed by atoms with Crippen molar-refractivity contribution in [3.05, 3.63) is 27.5 Å². The highest BCUT2D eigenvalue weighted by Gasteiger charge is 2.03. The second kappa shape index (κ2) is 3.89. The van der Waals surface area contributed by atoms with E-state index in [-0.39, 0.29) is 5.43 Å². The van der Waals surface area contributed by atoms with Gasteiger partial charge in [-0.15, -0.1) is 0 Å². The predicted molar refractivity (Wildman–Crippen MR) is 53.8 cm³/mol. The minimum atomic E-state index is -0.123. The van der Waals surface area contributed by atoms with Crippen LogP contribution in [0.25, 0.3) is 0 Å². The van der Waals surface area contributed by atoms with Crippen molar-refractivity contribution >= 4 is 12.0 Å². The molecule has 0 radical (unpaired) electrons. The van der Waals surface area contributed by atoms with Crippen molar-refractivity contribution in [2.24, 2.45) is 0 Å². The van der Waals surface area contributed by atoms with Gasteiger partial charge < -0.3 is 15.7 Å². The number of aromatic nitrogens is 1. The van der Waals surface area contributed by atoms with Crippen LogP contribution >= 0.6 is 0 Å². The van der Waals surface area contributed by atoms with Crippen LogP contribution < -0.4 is 10.7 Å². The maximum absolute atomic E-state index is 11.4. The first-order chi connectivity index (χ1) is 6.19. The Morgan fingerprint density at radius 3 is 2.92 bits per heavy atom. The third-order valence-electron chi connectivity index (χ3n) is 1.70. The van der Waals surface area contributed by atoms with Gasteiger partial charge in [0.25, 0.3) is 0 Å². The summed E-state index contributed by atoms with van der Waals surface area (Å²) in [6.45, 7) is 4.48. The number of anilines is 1. The van der Waals surface area contributed by atoms with Crippen molar-refractivity contribution in [2.45, 2.75) is 13.8 Å². The van der Waals surface area contributed by atoms with Crippen LogP contribution in [0, 0.1) is 12.3 Å². The van der Waals surface area contributed by atoms with Crippen molar-refractivity contribution in [2.75, 3.05) is 11.9 Å². The summed E-state index contributed by atoms with van der Waals surface area (Å²) in [7, 11) is 0. The Balaban J connectivity index is 3.29. The second-order valence-electron chi connectivity index (χ2n) is 2.78. The monoisotopic (exact) mass is 179 g/mol. The van der Waals surface area contributed by atoms with Crippen molar-refractivity contribution in [3.8, 4) is 0 Å². The Hall–Kier alpha value is -1.58. The molecular weight excluding hydrogens is 166 g/mol. The normalized spacial score (nSPS) is 9.69. The minimum Gasteiger partial charge on any atom is -0.371 e. The van der Waals surface area contributed by atoms with Gasteiger partial charge in [-0.1, -0.05) is 0 Å². The molecule has 1 rings (SSSR count). The van der Waals surface area contributed by atoms with Gasteiger partial charge in [0.1, 0.15) is 5.82 Å². The molecule has 0 aliphatic heterocycles. The van der Waals surface area contributed by atoms with Crippen LogP contribution in [-0.4, -0.2) is 17.7 Å². The molecule has 0 aliphatic rings. The molecule has 0 atom stereocenters. The van der Waals surface area contributed by atoms with Crippen LogP contribution in [0.5, 0.6) is 0 Å². The van der Waals surface area contributed by atoms with Gasteiger partial charge in [-0.25, -0.2) is 0 Å². The number of pyridine rings is 1. The van der Waals surface area contributed by atoms with Crippen molar-refractivity contribution in [3.63, 3.8) is 0 Å². The van der Waals surface area contributed by atoms with Gasteiger partial charge in [-0.2, -0.15) is 0 Å². The molecular formula is C9H13N3O. The molecule has 0 bridgehead atoms. The van der Waals surface area contributed by atoms with E-state index in [4.69, 9.17) is 5.41 Å². The first-order valence-electron chi connectivity index (χ1n) is 4.17. The lowest BCUT2D eigenvalue weighted by Crippen LogP contribution is -2.14. The molecule has 1 heterocycles. The summed E-state index contributed by atoms with van der Waals surface area (Å²) in [5.41, 5.74) is 1.06. The predicted octanol–water partition coefficient (Wildman–Crippen LogP) is 1.11. The van der Waals surface area contributed by atoms with Crippen LogP contribution in [0.1, 0.15) is 18.2 Å². The fourth-order valence-corrected chi connectivity index (χ4v) is 1.16. The molecule has 0 aliphatic carbocycles. The van der Waals surface area contributed by atoms with E-state index in [0.717, 1.165) is 18.5 Å². The van der Waals surface area contributed by atoms with Crippen molar-refractivity contribution in [1.82, 2.24) is 4.98 Å². The summed E-state index contributed by atoms with van der Waals surface area (Å²) in [5, 5.41) is 10.1. The third-order valence-corrected chi connectivity index (χ3v) is 1.70. The molecule has 0 spiro atoms. The van der Waals surface area contributed by atoms with Crippen molar-refractivity contribution in [1.29, 1.82) is 5.41 Å². The number of H-pyrrole nitrogens is 1. The number of nitrogens with one attached hydrogen (secondary N) is 3. The minimum absolute atomic E-state index is 0.123. The van der Waals surface area contributed by atoms with Gasteiger partial charge in [0.05, 0.1) is 5.56 Å². The van der Waals surface area contributed by atoms with Crippen LogP contribution in [0.15, 0.2) is 10.9 Å². The van der Waals surface area contributed by atoms with Crippen LogP contribution in [0.4, 0.5) is 5.82 Å². The molecule has 13 heavy (non-hydrogen) atoms. The summed E-state index contributed by atoms with van der Waals surface area (Å²) < 4.78 is 0. The summed E-state index contributed by atoms with van der Waals surface area (Å²) in [6.07, 6.45) is 1.07. The van der Waals surface area contributed by atoms with E-state index < -0.39 is 0 Å². The molecule has 0 amide bonds. The van der Waals surface area contributed by atoms with E-state index in [9.17, 15) is 4.79 Å². The lowest BCUT2D eigenvalue weighted by Gasteiger charge is -2.07. The standard InChI is InChI=1S/C9H13N3O/c1-3-11-9-7(5-10)8(13)4-6(2)12-9/h4-5,10H,3H2,1-2H3,(H2,11,12,13). The molecule has 4 nitrogen and oxygen atoms in total. The van der Waals surface area contributed by atoms with Crippen LogP contribution in [0.2, 0.25) is 0 Å². The topological polar surface area (TPSA) is 68.7 Å². The number of rotatable bonds is 3. The maximum atomic E-state index is 11.4. The summed E-state index contributed by atoms with van der Waals surface area (Å²) in [5.74, 6) is 0.627. The first kappa shape index (κ1) is 9.51. The zero-order chi connectivity index (χ0) is 9.84. The summed E-state index contributed by atoms with van der Waals surface area (Å²) in [6, 6.07) is 1.49. The second-order valence-corrected chi connectivity index (χ2v) is 2.78. The number of hydrogen-bond donors (Lipinski definition) is 3. The smallest absolute Gasteiger partial charge is 0.192 e. The first-order valence-corrected chi connectivity index (χ1v) is 4.17. The molecule has 0 fully saturated rings. The Bertz CT molecular complexity index is 368. The summed E-state index contributed by atoms with van der Waals surface area (Å²) >= 11 is 0. The van der Waals surface area contributed by atoms with Gasteiger partial charge in [-0.05, 0) is 13.8 Å². The van der Waals surface area contributed by atoms with Crippen LogP contribution in [0.3, 0.4) is 0 Å². The van der Waals surface area contributed by atoms with E-state index in [2.05, 4.69) is 10.3 Å².